The molecular weight excluding hydrogens is 299 g/mol. The molecule has 2 N–H and O–H groups in total. The summed E-state index contributed by atoms with van der Waals surface area (Å²) in [6, 6.07) is 4.22. The number of halogens is 2. The first-order valence-corrected chi connectivity index (χ1v) is 7.02. The summed E-state index contributed by atoms with van der Waals surface area (Å²) in [5, 5.41) is 6.54. The third-order valence-corrected chi connectivity index (χ3v) is 4.20. The standard InChI is InChI=1S/C9H8Cl2N4O2S/c10-6-1-2-7(11)8(3-6)18(16,17)14-4-9-12-5-13-15-9/h1-3,5,14H,4H2,(H,12,13,15). The van der Waals surface area contributed by atoms with Crippen LogP contribution in [0.1, 0.15) is 5.82 Å². The second-order valence-corrected chi connectivity index (χ2v) is 5.91. The molecule has 0 spiro atoms. The summed E-state index contributed by atoms with van der Waals surface area (Å²) in [6.07, 6.45) is 1.29. The van der Waals surface area contributed by atoms with Crippen molar-refractivity contribution in [1.29, 1.82) is 0 Å². The van der Waals surface area contributed by atoms with E-state index in [1.807, 2.05) is 0 Å². The summed E-state index contributed by atoms with van der Waals surface area (Å²) in [5.41, 5.74) is 0. The second kappa shape index (κ2) is 5.23. The predicted octanol–water partition coefficient (Wildman–Crippen LogP) is 1.59. The van der Waals surface area contributed by atoms with Gasteiger partial charge in [0.2, 0.25) is 10.0 Å². The van der Waals surface area contributed by atoms with Crippen molar-refractivity contribution in [3.63, 3.8) is 0 Å². The molecule has 96 valence electrons. The van der Waals surface area contributed by atoms with E-state index in [4.69, 9.17) is 23.2 Å². The Morgan fingerprint density at radius 2 is 2.11 bits per heavy atom. The Balaban J connectivity index is 2.22. The summed E-state index contributed by atoms with van der Waals surface area (Å²) in [5.74, 6) is 0.400. The number of aromatic amines is 1. The molecule has 1 heterocycles. The van der Waals surface area contributed by atoms with Gasteiger partial charge in [-0.15, -0.1) is 0 Å². The summed E-state index contributed by atoms with van der Waals surface area (Å²) >= 11 is 11.6. The zero-order valence-corrected chi connectivity index (χ0v) is 11.2. The van der Waals surface area contributed by atoms with Gasteiger partial charge in [-0.1, -0.05) is 23.2 Å². The zero-order chi connectivity index (χ0) is 13.2. The molecule has 0 amide bonds. The number of rotatable bonds is 4. The largest absolute Gasteiger partial charge is 0.262 e. The summed E-state index contributed by atoms with van der Waals surface area (Å²) in [7, 11) is -3.74. The monoisotopic (exact) mass is 306 g/mol. The Labute approximate surface area is 113 Å². The van der Waals surface area contributed by atoms with Crippen LogP contribution in [0.25, 0.3) is 0 Å². The van der Waals surface area contributed by atoms with Gasteiger partial charge in [0.05, 0.1) is 11.6 Å². The number of hydrogen-bond donors (Lipinski definition) is 2. The van der Waals surface area contributed by atoms with Crippen LogP contribution in [0.5, 0.6) is 0 Å². The number of hydrogen-bond acceptors (Lipinski definition) is 4. The molecule has 0 radical (unpaired) electrons. The first-order valence-electron chi connectivity index (χ1n) is 4.78. The fourth-order valence-electron chi connectivity index (χ4n) is 1.24. The minimum atomic E-state index is -3.74. The van der Waals surface area contributed by atoms with Gasteiger partial charge in [-0.3, -0.25) is 5.10 Å². The summed E-state index contributed by atoms with van der Waals surface area (Å²) < 4.78 is 26.3. The predicted molar refractivity (Wildman–Crippen MR) is 66.9 cm³/mol. The normalized spacial score (nSPS) is 11.7. The van der Waals surface area contributed by atoms with Crippen LogP contribution in [0.3, 0.4) is 0 Å². The molecule has 6 nitrogen and oxygen atoms in total. The van der Waals surface area contributed by atoms with E-state index in [2.05, 4.69) is 19.9 Å². The number of nitrogens with zero attached hydrogens (tertiary/aromatic N) is 2. The molecule has 0 aliphatic carbocycles. The lowest BCUT2D eigenvalue weighted by Crippen LogP contribution is -2.24. The Morgan fingerprint density at radius 3 is 2.78 bits per heavy atom. The van der Waals surface area contributed by atoms with Crippen LogP contribution in [-0.4, -0.2) is 23.6 Å². The Hall–Kier alpha value is -1.15. The van der Waals surface area contributed by atoms with Gasteiger partial charge < -0.3 is 0 Å². The Bertz CT molecular complexity index is 643. The average Bonchev–Trinajstić information content (AvgIpc) is 2.83. The van der Waals surface area contributed by atoms with E-state index in [-0.39, 0.29) is 16.5 Å². The number of sulfonamides is 1. The molecule has 0 aliphatic rings. The molecule has 0 aliphatic heterocycles. The maximum absolute atomic E-state index is 12.0. The Morgan fingerprint density at radius 1 is 1.33 bits per heavy atom. The molecule has 18 heavy (non-hydrogen) atoms. The smallest absolute Gasteiger partial charge is 0.242 e. The van der Waals surface area contributed by atoms with Crippen molar-refractivity contribution >= 4 is 33.2 Å². The van der Waals surface area contributed by atoms with Crippen LogP contribution >= 0.6 is 23.2 Å². The third-order valence-electron chi connectivity index (χ3n) is 2.08. The van der Waals surface area contributed by atoms with Crippen molar-refractivity contribution in [1.82, 2.24) is 19.9 Å². The van der Waals surface area contributed by atoms with Gasteiger partial charge in [-0.25, -0.2) is 18.1 Å². The van der Waals surface area contributed by atoms with E-state index in [0.717, 1.165) is 0 Å². The fraction of sp³-hybridized carbons (Fsp3) is 0.111. The molecule has 0 saturated carbocycles. The van der Waals surface area contributed by atoms with Gasteiger partial charge in [0, 0.05) is 5.02 Å². The van der Waals surface area contributed by atoms with E-state index in [0.29, 0.717) is 10.8 Å². The number of H-pyrrole nitrogens is 1. The van der Waals surface area contributed by atoms with Gasteiger partial charge in [-0.2, -0.15) is 5.10 Å². The van der Waals surface area contributed by atoms with Crippen molar-refractivity contribution in [3.8, 4) is 0 Å². The molecule has 9 heteroatoms. The van der Waals surface area contributed by atoms with Crippen LogP contribution in [0, 0.1) is 0 Å². The maximum Gasteiger partial charge on any atom is 0.242 e. The van der Waals surface area contributed by atoms with Crippen molar-refractivity contribution in [2.75, 3.05) is 0 Å². The molecule has 0 unspecified atom stereocenters. The van der Waals surface area contributed by atoms with E-state index in [9.17, 15) is 8.42 Å². The molecule has 0 saturated heterocycles. The minimum Gasteiger partial charge on any atom is -0.262 e. The van der Waals surface area contributed by atoms with Crippen LogP contribution in [-0.2, 0) is 16.6 Å². The minimum absolute atomic E-state index is 0.00875. The molecule has 0 bridgehead atoms. The molecule has 0 fully saturated rings. The van der Waals surface area contributed by atoms with E-state index < -0.39 is 10.0 Å². The van der Waals surface area contributed by atoms with Crippen molar-refractivity contribution in [2.24, 2.45) is 0 Å². The molecule has 2 rings (SSSR count). The maximum atomic E-state index is 12.0. The molecule has 1 aromatic heterocycles. The van der Waals surface area contributed by atoms with Crippen LogP contribution in [0.15, 0.2) is 29.4 Å². The number of nitrogens with one attached hydrogen (secondary N) is 2. The topological polar surface area (TPSA) is 87.7 Å². The molecule has 0 atom stereocenters. The second-order valence-electron chi connectivity index (χ2n) is 3.33. The van der Waals surface area contributed by atoms with Crippen molar-refractivity contribution in [3.05, 3.63) is 40.4 Å². The quantitative estimate of drug-likeness (QED) is 0.898. The third kappa shape index (κ3) is 2.99. The van der Waals surface area contributed by atoms with Crippen LogP contribution < -0.4 is 4.72 Å². The van der Waals surface area contributed by atoms with Gasteiger partial charge in [0.1, 0.15) is 17.0 Å². The summed E-state index contributed by atoms with van der Waals surface area (Å²) in [6.45, 7) is -0.00875. The lowest BCUT2D eigenvalue weighted by Gasteiger charge is -2.07. The van der Waals surface area contributed by atoms with Crippen LogP contribution in [0.4, 0.5) is 0 Å². The first kappa shape index (κ1) is 13.3. The van der Waals surface area contributed by atoms with Crippen molar-refractivity contribution < 1.29 is 8.42 Å². The highest BCUT2D eigenvalue weighted by atomic mass is 35.5. The lowest BCUT2D eigenvalue weighted by molar-refractivity contribution is 0.579. The van der Waals surface area contributed by atoms with Crippen LogP contribution in [0.2, 0.25) is 10.0 Å². The van der Waals surface area contributed by atoms with Gasteiger partial charge in [-0.05, 0) is 18.2 Å². The number of benzene rings is 1. The molecule has 1 aromatic carbocycles. The SMILES string of the molecule is O=S(=O)(NCc1ncn[nH]1)c1cc(Cl)ccc1Cl. The summed E-state index contributed by atoms with van der Waals surface area (Å²) in [4.78, 5) is 3.73. The molecule has 2 aromatic rings. The first-order chi connectivity index (χ1) is 8.49. The van der Waals surface area contributed by atoms with Gasteiger partial charge in [0.25, 0.3) is 0 Å². The van der Waals surface area contributed by atoms with Gasteiger partial charge >= 0.3 is 0 Å². The Kier molecular flexibility index (Phi) is 3.86. The van der Waals surface area contributed by atoms with Crippen molar-refractivity contribution in [2.45, 2.75) is 11.4 Å². The average molecular weight is 307 g/mol. The highest BCUT2D eigenvalue weighted by molar-refractivity contribution is 7.89. The highest BCUT2D eigenvalue weighted by Crippen LogP contribution is 2.24. The van der Waals surface area contributed by atoms with E-state index in [1.165, 1.54) is 24.5 Å². The zero-order valence-electron chi connectivity index (χ0n) is 8.89. The lowest BCUT2D eigenvalue weighted by atomic mass is 10.4. The fourth-order valence-corrected chi connectivity index (χ4v) is 2.99. The number of aromatic nitrogens is 3. The molecular formula is C9H8Cl2N4O2S. The highest BCUT2D eigenvalue weighted by Gasteiger charge is 2.18. The van der Waals surface area contributed by atoms with E-state index in [1.54, 1.807) is 0 Å². The van der Waals surface area contributed by atoms with E-state index >= 15 is 0 Å². The van der Waals surface area contributed by atoms with Gasteiger partial charge in [0.15, 0.2) is 0 Å².